The Morgan fingerprint density at radius 1 is 1.38 bits per heavy atom. The molecule has 0 aromatic heterocycles. The Morgan fingerprint density at radius 2 is 2.12 bits per heavy atom. The summed E-state index contributed by atoms with van der Waals surface area (Å²) >= 11 is 0. The van der Waals surface area contributed by atoms with Crippen molar-refractivity contribution < 1.29 is 18.7 Å². The molecule has 0 aliphatic carbocycles. The minimum Gasteiger partial charge on any atom is -0.487 e. The second-order valence-corrected chi connectivity index (χ2v) is 6.46. The zero-order chi connectivity index (χ0) is 17.1. The van der Waals surface area contributed by atoms with Crippen molar-refractivity contribution in [2.45, 2.75) is 38.4 Å². The van der Waals surface area contributed by atoms with Crippen LogP contribution < -0.4 is 4.74 Å². The Morgan fingerprint density at radius 3 is 2.71 bits per heavy atom. The van der Waals surface area contributed by atoms with Crippen molar-refractivity contribution in [3.8, 4) is 11.8 Å². The first-order valence-corrected chi connectivity index (χ1v) is 8.35. The Hall–Kier alpha value is -2.13. The first-order chi connectivity index (χ1) is 11.6. The van der Waals surface area contributed by atoms with Gasteiger partial charge in [0.15, 0.2) is 11.6 Å². The van der Waals surface area contributed by atoms with E-state index in [0.717, 1.165) is 6.42 Å². The fourth-order valence-corrected chi connectivity index (χ4v) is 3.23. The number of piperidine rings is 1. The molecule has 5 nitrogen and oxygen atoms in total. The quantitative estimate of drug-likeness (QED) is 0.853. The second-order valence-electron chi connectivity index (χ2n) is 6.46. The van der Waals surface area contributed by atoms with Crippen LogP contribution in [0.1, 0.15) is 31.7 Å². The highest BCUT2D eigenvalue weighted by Gasteiger charge is 2.35. The van der Waals surface area contributed by atoms with Crippen molar-refractivity contribution in [3.05, 3.63) is 29.6 Å². The summed E-state index contributed by atoms with van der Waals surface area (Å²) in [5, 5.41) is 8.76. The van der Waals surface area contributed by atoms with Crippen LogP contribution in [0.25, 0.3) is 0 Å². The lowest BCUT2D eigenvalue weighted by Crippen LogP contribution is -2.47. The number of rotatable bonds is 3. The van der Waals surface area contributed by atoms with Crippen LogP contribution in [0.15, 0.2) is 18.2 Å². The number of carbonyl (C=O) groups excluding carboxylic acids is 1. The molecule has 2 aliphatic rings. The van der Waals surface area contributed by atoms with E-state index in [4.69, 9.17) is 14.7 Å². The van der Waals surface area contributed by atoms with Crippen LogP contribution in [0.3, 0.4) is 0 Å². The molecule has 0 radical (unpaired) electrons. The van der Waals surface area contributed by atoms with Crippen LogP contribution in [-0.2, 0) is 9.53 Å². The molecule has 128 valence electrons. The monoisotopic (exact) mass is 332 g/mol. The lowest BCUT2D eigenvalue weighted by Gasteiger charge is -2.34. The summed E-state index contributed by atoms with van der Waals surface area (Å²) in [6.07, 6.45) is 1.80. The summed E-state index contributed by atoms with van der Waals surface area (Å²) in [5.74, 6) is -0.0468. The molecule has 2 saturated heterocycles. The van der Waals surface area contributed by atoms with E-state index >= 15 is 0 Å². The van der Waals surface area contributed by atoms with E-state index in [-0.39, 0.29) is 35.3 Å². The minimum absolute atomic E-state index is 0.0583. The highest BCUT2D eigenvalue weighted by atomic mass is 19.1. The maximum atomic E-state index is 13.9. The SMILES string of the molecule is C[C@@H]1CCO[C@@H]1C(=O)N1CCC(Oc2ccc(C#N)cc2F)CC1. The molecule has 2 fully saturated rings. The van der Waals surface area contributed by atoms with E-state index in [9.17, 15) is 9.18 Å². The number of ether oxygens (including phenoxy) is 2. The van der Waals surface area contributed by atoms with Gasteiger partial charge >= 0.3 is 0 Å². The maximum absolute atomic E-state index is 13.9. The molecular formula is C18H21FN2O3. The summed E-state index contributed by atoms with van der Waals surface area (Å²) in [5.41, 5.74) is 0.269. The molecule has 0 saturated carbocycles. The van der Waals surface area contributed by atoms with Crippen LogP contribution in [0, 0.1) is 23.1 Å². The largest absolute Gasteiger partial charge is 0.487 e. The lowest BCUT2D eigenvalue weighted by molar-refractivity contribution is -0.144. The topological polar surface area (TPSA) is 62.6 Å². The van der Waals surface area contributed by atoms with Crippen LogP contribution in [0.2, 0.25) is 0 Å². The predicted molar refractivity (Wildman–Crippen MR) is 84.9 cm³/mol. The molecule has 1 aromatic rings. The molecule has 1 amide bonds. The molecule has 0 spiro atoms. The van der Waals surface area contributed by atoms with Gasteiger partial charge in [-0.25, -0.2) is 4.39 Å². The van der Waals surface area contributed by atoms with Gasteiger partial charge in [-0.05, 0) is 30.5 Å². The Kier molecular flexibility index (Phi) is 5.00. The third-order valence-corrected chi connectivity index (χ3v) is 4.74. The fraction of sp³-hybridized carbons (Fsp3) is 0.556. The van der Waals surface area contributed by atoms with Crippen LogP contribution in [0.5, 0.6) is 5.75 Å². The van der Waals surface area contributed by atoms with Gasteiger partial charge in [-0.2, -0.15) is 5.26 Å². The lowest BCUT2D eigenvalue weighted by atomic mass is 10.0. The van der Waals surface area contributed by atoms with Crippen molar-refractivity contribution in [2.24, 2.45) is 5.92 Å². The summed E-state index contributed by atoms with van der Waals surface area (Å²) in [6, 6.07) is 6.09. The molecule has 6 heteroatoms. The van der Waals surface area contributed by atoms with Crippen molar-refractivity contribution in [1.82, 2.24) is 4.90 Å². The van der Waals surface area contributed by atoms with Gasteiger partial charge < -0.3 is 14.4 Å². The Bertz CT molecular complexity index is 650. The number of halogens is 1. The van der Waals surface area contributed by atoms with E-state index in [1.807, 2.05) is 17.9 Å². The standard InChI is InChI=1S/C18H21FN2O3/c1-12-6-9-23-17(12)18(22)21-7-4-14(5-8-21)24-16-3-2-13(11-20)10-15(16)19/h2-3,10,12,14,17H,4-9H2,1H3/t12-,17+/m1/s1. The summed E-state index contributed by atoms with van der Waals surface area (Å²) in [4.78, 5) is 14.3. The average Bonchev–Trinajstić information content (AvgIpc) is 3.02. The third kappa shape index (κ3) is 3.51. The van der Waals surface area contributed by atoms with Gasteiger partial charge in [0.2, 0.25) is 0 Å². The van der Waals surface area contributed by atoms with Gasteiger partial charge in [-0.1, -0.05) is 6.92 Å². The molecule has 1 aromatic carbocycles. The smallest absolute Gasteiger partial charge is 0.251 e. The van der Waals surface area contributed by atoms with Gasteiger partial charge in [0.05, 0.1) is 11.6 Å². The van der Waals surface area contributed by atoms with Crippen molar-refractivity contribution >= 4 is 5.91 Å². The minimum atomic E-state index is -0.527. The van der Waals surface area contributed by atoms with Crippen LogP contribution in [0.4, 0.5) is 4.39 Å². The number of likely N-dealkylation sites (tertiary alicyclic amines) is 1. The highest BCUT2D eigenvalue weighted by Crippen LogP contribution is 2.26. The van der Waals surface area contributed by atoms with Crippen LogP contribution in [-0.4, -0.2) is 42.7 Å². The summed E-state index contributed by atoms with van der Waals surface area (Å²) < 4.78 is 25.1. The van der Waals surface area contributed by atoms with E-state index < -0.39 is 5.82 Å². The van der Waals surface area contributed by atoms with Gasteiger partial charge in [0.25, 0.3) is 5.91 Å². The van der Waals surface area contributed by atoms with E-state index in [0.29, 0.717) is 32.5 Å². The first-order valence-electron chi connectivity index (χ1n) is 8.35. The second kappa shape index (κ2) is 7.18. The average molecular weight is 332 g/mol. The van der Waals surface area contributed by atoms with Crippen LogP contribution >= 0.6 is 0 Å². The normalized spacial score (nSPS) is 24.6. The Labute approximate surface area is 141 Å². The van der Waals surface area contributed by atoms with E-state index in [1.54, 1.807) is 0 Å². The molecule has 2 atom stereocenters. The van der Waals surface area contributed by atoms with Gasteiger partial charge in [-0.15, -0.1) is 0 Å². The summed E-state index contributed by atoms with van der Waals surface area (Å²) in [7, 11) is 0. The zero-order valence-corrected chi connectivity index (χ0v) is 13.7. The summed E-state index contributed by atoms with van der Waals surface area (Å²) in [6.45, 7) is 3.87. The van der Waals surface area contributed by atoms with Crippen molar-refractivity contribution in [2.75, 3.05) is 19.7 Å². The van der Waals surface area contributed by atoms with Crippen molar-refractivity contribution in [1.29, 1.82) is 5.26 Å². The van der Waals surface area contributed by atoms with Gasteiger partial charge in [-0.3, -0.25) is 4.79 Å². The number of nitrogens with zero attached hydrogens (tertiary/aromatic N) is 2. The Balaban J connectivity index is 1.54. The highest BCUT2D eigenvalue weighted by molar-refractivity contribution is 5.81. The van der Waals surface area contributed by atoms with Gasteiger partial charge in [0.1, 0.15) is 12.2 Å². The number of benzene rings is 1. The molecule has 0 N–H and O–H groups in total. The number of carbonyl (C=O) groups is 1. The predicted octanol–water partition coefficient (Wildman–Crippen LogP) is 2.49. The van der Waals surface area contributed by atoms with E-state index in [1.165, 1.54) is 18.2 Å². The third-order valence-electron chi connectivity index (χ3n) is 4.74. The number of hydrogen-bond donors (Lipinski definition) is 0. The first kappa shape index (κ1) is 16.7. The molecule has 24 heavy (non-hydrogen) atoms. The number of hydrogen-bond acceptors (Lipinski definition) is 4. The number of amides is 1. The maximum Gasteiger partial charge on any atom is 0.251 e. The molecular weight excluding hydrogens is 311 g/mol. The van der Waals surface area contributed by atoms with Gasteiger partial charge in [0, 0.05) is 32.5 Å². The molecule has 0 unspecified atom stereocenters. The number of nitriles is 1. The molecule has 3 rings (SSSR count). The fourth-order valence-electron chi connectivity index (χ4n) is 3.23. The van der Waals surface area contributed by atoms with Crippen molar-refractivity contribution in [3.63, 3.8) is 0 Å². The zero-order valence-electron chi connectivity index (χ0n) is 13.7. The molecule has 2 heterocycles. The van der Waals surface area contributed by atoms with E-state index in [2.05, 4.69) is 0 Å². The molecule has 0 bridgehead atoms. The molecule has 2 aliphatic heterocycles.